The molecule has 0 aromatic heterocycles. The molecule has 1 nitrogen and oxygen atoms in total. The molecule has 0 radical (unpaired) electrons. The molecule has 3 fully saturated rings. The molecule has 0 amide bonds. The minimum absolute atomic E-state index is 0.326. The van der Waals surface area contributed by atoms with Gasteiger partial charge in [-0.25, -0.2) is 0 Å². The minimum Gasteiger partial charge on any atom is -0.198 e. The molecule has 0 N–H and O–H groups in total. The van der Waals surface area contributed by atoms with Gasteiger partial charge in [0.1, 0.15) is 0 Å². The van der Waals surface area contributed by atoms with E-state index in [4.69, 9.17) is 0 Å². The Morgan fingerprint density at radius 1 is 0.769 bits per heavy atom. The number of hydrogen-bond donors (Lipinski definition) is 0. The highest BCUT2D eigenvalue weighted by Crippen LogP contribution is 2.47. The van der Waals surface area contributed by atoms with Crippen molar-refractivity contribution in [1.82, 2.24) is 0 Å². The second kappa shape index (κ2) is 10.1. The molecule has 3 atom stereocenters. The maximum Gasteiger partial charge on any atom is 0.0658 e. The highest BCUT2D eigenvalue weighted by atomic mass is 14.4. The summed E-state index contributed by atoms with van der Waals surface area (Å²) in [5.41, 5.74) is 0. The summed E-state index contributed by atoms with van der Waals surface area (Å²) in [6.45, 7) is 4.56. The summed E-state index contributed by atoms with van der Waals surface area (Å²) in [5.74, 6) is 6.13. The number of nitrogens with zero attached hydrogens (tertiary/aromatic N) is 1. The predicted molar refractivity (Wildman–Crippen MR) is 111 cm³/mol. The summed E-state index contributed by atoms with van der Waals surface area (Å²) in [6.07, 6.45) is 21.6. The fourth-order valence-corrected chi connectivity index (χ4v) is 7.03. The lowest BCUT2D eigenvalue weighted by Gasteiger charge is -2.42. The van der Waals surface area contributed by atoms with Gasteiger partial charge in [-0.2, -0.15) is 5.26 Å². The van der Waals surface area contributed by atoms with Crippen molar-refractivity contribution in [2.45, 2.75) is 110 Å². The van der Waals surface area contributed by atoms with Crippen molar-refractivity contribution in [3.05, 3.63) is 0 Å². The van der Waals surface area contributed by atoms with Gasteiger partial charge >= 0.3 is 0 Å². The van der Waals surface area contributed by atoms with E-state index in [1.807, 2.05) is 0 Å². The molecule has 3 rings (SSSR count). The lowest BCUT2D eigenvalue weighted by Crippen LogP contribution is -2.31. The molecule has 0 heterocycles. The van der Waals surface area contributed by atoms with Crippen molar-refractivity contribution in [3.63, 3.8) is 0 Å². The molecule has 0 aromatic rings. The summed E-state index contributed by atoms with van der Waals surface area (Å²) < 4.78 is 0. The smallest absolute Gasteiger partial charge is 0.0658 e. The van der Waals surface area contributed by atoms with Gasteiger partial charge in [0.15, 0.2) is 0 Å². The largest absolute Gasteiger partial charge is 0.198 e. The Hall–Kier alpha value is -0.510. The minimum atomic E-state index is 0.326. The Balaban J connectivity index is 1.43. The lowest BCUT2D eigenvalue weighted by atomic mass is 9.63. The fraction of sp³-hybridized carbons (Fsp3) is 0.960. The molecular weight excluding hydrogens is 314 g/mol. The Kier molecular flexibility index (Phi) is 7.90. The van der Waals surface area contributed by atoms with Crippen LogP contribution in [0.4, 0.5) is 0 Å². The van der Waals surface area contributed by atoms with Gasteiger partial charge < -0.3 is 0 Å². The van der Waals surface area contributed by atoms with Crippen LogP contribution in [0.15, 0.2) is 0 Å². The van der Waals surface area contributed by atoms with Gasteiger partial charge in [-0.15, -0.1) is 0 Å². The van der Waals surface area contributed by atoms with E-state index in [1.165, 1.54) is 89.9 Å². The predicted octanol–water partition coefficient (Wildman–Crippen LogP) is 7.76. The van der Waals surface area contributed by atoms with E-state index < -0.39 is 0 Å². The summed E-state index contributed by atoms with van der Waals surface area (Å²) in [4.78, 5) is 0. The van der Waals surface area contributed by atoms with Gasteiger partial charge in [-0.1, -0.05) is 52.4 Å². The van der Waals surface area contributed by atoms with Crippen LogP contribution in [-0.2, 0) is 0 Å². The molecule has 0 aromatic carbocycles. The zero-order valence-corrected chi connectivity index (χ0v) is 17.6. The molecule has 148 valence electrons. The zero-order chi connectivity index (χ0) is 18.4. The van der Waals surface area contributed by atoms with E-state index in [-0.39, 0.29) is 0 Å². The van der Waals surface area contributed by atoms with Crippen molar-refractivity contribution >= 4 is 0 Å². The highest BCUT2D eigenvalue weighted by Gasteiger charge is 2.36. The van der Waals surface area contributed by atoms with Crippen molar-refractivity contribution in [3.8, 4) is 6.07 Å². The lowest BCUT2D eigenvalue weighted by molar-refractivity contribution is 0.0932. The second-order valence-electron chi connectivity index (χ2n) is 10.1. The van der Waals surface area contributed by atoms with E-state index in [2.05, 4.69) is 19.9 Å². The molecule has 0 aliphatic heterocycles. The Labute approximate surface area is 163 Å². The second-order valence-corrected chi connectivity index (χ2v) is 10.1. The average Bonchev–Trinajstić information content (AvgIpc) is 2.70. The number of rotatable bonds is 6. The van der Waals surface area contributed by atoms with Gasteiger partial charge in [-0.05, 0) is 93.3 Å². The molecular formula is C25H43N. The molecule has 0 saturated heterocycles. The Bertz CT molecular complexity index is 434. The first-order chi connectivity index (χ1) is 12.7. The standard InChI is InChI=1S/C25H43N/c1-3-6-19-9-11-21(12-10-19)22-13-15-23(16-14-22)25-8-5-7-24(17-25)20(4-2)18-26/h19-25H,3-17H2,1-2H3. The topological polar surface area (TPSA) is 23.8 Å². The molecule has 3 aliphatic rings. The SMILES string of the molecule is CCCC1CCC(C2CCC(C3CCCC(C(C#N)CC)C3)CC2)CC1. The van der Waals surface area contributed by atoms with Gasteiger partial charge in [0.2, 0.25) is 0 Å². The van der Waals surface area contributed by atoms with Crippen molar-refractivity contribution in [2.24, 2.45) is 41.4 Å². The summed E-state index contributed by atoms with van der Waals surface area (Å²) >= 11 is 0. The normalized spacial score (nSPS) is 39.9. The van der Waals surface area contributed by atoms with Crippen molar-refractivity contribution in [1.29, 1.82) is 5.26 Å². The molecule has 26 heavy (non-hydrogen) atoms. The van der Waals surface area contributed by atoms with E-state index >= 15 is 0 Å². The molecule has 3 unspecified atom stereocenters. The van der Waals surface area contributed by atoms with Crippen LogP contribution in [0.25, 0.3) is 0 Å². The molecule has 1 heteroatoms. The quantitative estimate of drug-likeness (QED) is 0.476. The van der Waals surface area contributed by atoms with E-state index in [1.54, 1.807) is 0 Å². The van der Waals surface area contributed by atoms with Crippen LogP contribution >= 0.6 is 0 Å². The van der Waals surface area contributed by atoms with Crippen molar-refractivity contribution < 1.29 is 0 Å². The first kappa shape index (κ1) is 20.2. The van der Waals surface area contributed by atoms with Gasteiger partial charge in [0.25, 0.3) is 0 Å². The van der Waals surface area contributed by atoms with Crippen LogP contribution in [-0.4, -0.2) is 0 Å². The number of nitriles is 1. The zero-order valence-electron chi connectivity index (χ0n) is 17.6. The van der Waals surface area contributed by atoms with Crippen LogP contribution in [0.2, 0.25) is 0 Å². The first-order valence-corrected chi connectivity index (χ1v) is 12.1. The van der Waals surface area contributed by atoms with E-state index in [0.717, 1.165) is 36.0 Å². The fourth-order valence-electron chi connectivity index (χ4n) is 7.03. The van der Waals surface area contributed by atoms with E-state index in [0.29, 0.717) is 11.8 Å². The van der Waals surface area contributed by atoms with Crippen LogP contribution in [0.3, 0.4) is 0 Å². The first-order valence-electron chi connectivity index (χ1n) is 12.1. The summed E-state index contributed by atoms with van der Waals surface area (Å²) in [5, 5.41) is 9.46. The van der Waals surface area contributed by atoms with Crippen LogP contribution in [0, 0.1) is 52.8 Å². The van der Waals surface area contributed by atoms with Crippen molar-refractivity contribution in [2.75, 3.05) is 0 Å². The van der Waals surface area contributed by atoms with Crippen LogP contribution < -0.4 is 0 Å². The van der Waals surface area contributed by atoms with Crippen LogP contribution in [0.1, 0.15) is 110 Å². The molecule has 0 spiro atoms. The third kappa shape index (κ3) is 5.05. The van der Waals surface area contributed by atoms with Gasteiger partial charge in [-0.3, -0.25) is 0 Å². The maximum atomic E-state index is 9.46. The Morgan fingerprint density at radius 2 is 1.35 bits per heavy atom. The number of hydrogen-bond acceptors (Lipinski definition) is 1. The van der Waals surface area contributed by atoms with Gasteiger partial charge in [0, 0.05) is 5.92 Å². The average molecular weight is 358 g/mol. The summed E-state index contributed by atoms with van der Waals surface area (Å²) in [6, 6.07) is 2.61. The van der Waals surface area contributed by atoms with Gasteiger partial charge in [0.05, 0.1) is 6.07 Å². The third-order valence-corrected chi connectivity index (χ3v) is 8.67. The third-order valence-electron chi connectivity index (χ3n) is 8.67. The van der Waals surface area contributed by atoms with E-state index in [9.17, 15) is 5.26 Å². The monoisotopic (exact) mass is 357 g/mol. The van der Waals surface area contributed by atoms with Crippen LogP contribution in [0.5, 0.6) is 0 Å². The molecule has 0 bridgehead atoms. The Morgan fingerprint density at radius 3 is 1.88 bits per heavy atom. The highest BCUT2D eigenvalue weighted by molar-refractivity contribution is 4.92. The maximum absolute atomic E-state index is 9.46. The summed E-state index contributed by atoms with van der Waals surface area (Å²) in [7, 11) is 0. The molecule has 3 aliphatic carbocycles. The molecule has 3 saturated carbocycles.